The van der Waals surface area contributed by atoms with Gasteiger partial charge in [0.05, 0.1) is 28.4 Å². The lowest BCUT2D eigenvalue weighted by Crippen LogP contribution is -2.51. The molecule has 0 atom stereocenters. The van der Waals surface area contributed by atoms with Crippen molar-refractivity contribution < 1.29 is 40.9 Å². The molecule has 0 radical (unpaired) electrons. The lowest BCUT2D eigenvalue weighted by atomic mass is 10.0. The van der Waals surface area contributed by atoms with Gasteiger partial charge in [-0.25, -0.2) is 13.4 Å². The van der Waals surface area contributed by atoms with Crippen LogP contribution in [0.5, 0.6) is 0 Å². The van der Waals surface area contributed by atoms with Gasteiger partial charge in [-0.2, -0.15) is 18.4 Å². The Morgan fingerprint density at radius 1 is 0.977 bits per heavy atom. The zero-order valence-corrected chi connectivity index (χ0v) is 25.3. The molecule has 2 saturated heterocycles. The van der Waals surface area contributed by atoms with Gasteiger partial charge in [-0.15, -0.1) is 0 Å². The highest BCUT2D eigenvalue weighted by molar-refractivity contribution is 7.67. The summed E-state index contributed by atoms with van der Waals surface area (Å²) in [5.41, 5.74) is -4.74. The Morgan fingerprint density at radius 2 is 1.57 bits per heavy atom. The predicted molar refractivity (Wildman–Crippen MR) is 153 cm³/mol. The smallest absolute Gasteiger partial charge is 0.417 e. The highest BCUT2D eigenvalue weighted by Crippen LogP contribution is 2.39. The molecule has 2 aromatic carbocycles. The molecule has 4 rings (SSSR count). The van der Waals surface area contributed by atoms with Crippen molar-refractivity contribution in [2.75, 3.05) is 36.0 Å². The number of nitrogens with zero attached hydrogens (tertiary/aromatic N) is 5. The van der Waals surface area contributed by atoms with E-state index < -0.39 is 52.2 Å². The third-order valence-electron chi connectivity index (χ3n) is 7.09. The standard InChI is InChI=1S/C29H29F4N5O5S/c1-27(2,3)43-26(41)36-12-10-35(11-13-36)23(39)20-9-8-19(15-22(20)30)38-25(44-42)37(24(40)28(38,4)5)18-7-6-17(16-34)21(14-18)29(31,32)33/h6-9,14-15H,10-13H2,1-5H3. The van der Waals surface area contributed by atoms with E-state index in [4.69, 9.17) is 10.00 Å². The molecule has 3 amide bonds. The van der Waals surface area contributed by atoms with Gasteiger partial charge in [0.1, 0.15) is 28.2 Å². The molecule has 2 aliphatic heterocycles. The Kier molecular flexibility index (Phi) is 8.53. The van der Waals surface area contributed by atoms with Crippen LogP contribution in [-0.4, -0.2) is 74.3 Å². The molecule has 0 N–H and O–H groups in total. The van der Waals surface area contributed by atoms with Gasteiger partial charge < -0.3 is 19.4 Å². The van der Waals surface area contributed by atoms with Crippen LogP contribution in [0.3, 0.4) is 0 Å². The lowest BCUT2D eigenvalue weighted by Gasteiger charge is -2.35. The Bertz CT molecular complexity index is 1620. The summed E-state index contributed by atoms with van der Waals surface area (Å²) < 4.78 is 74.0. The van der Waals surface area contributed by atoms with E-state index >= 15 is 4.39 Å². The molecule has 0 aliphatic carbocycles. The molecular formula is C29H29F4N5O5S. The van der Waals surface area contributed by atoms with Gasteiger partial charge in [-0.3, -0.25) is 14.5 Å². The Morgan fingerprint density at radius 3 is 2.09 bits per heavy atom. The number of alkyl halides is 3. The van der Waals surface area contributed by atoms with Gasteiger partial charge in [0.25, 0.3) is 11.8 Å². The fraction of sp³-hybridized carbons (Fsp3) is 0.414. The summed E-state index contributed by atoms with van der Waals surface area (Å²) in [6, 6.07) is 7.60. The first kappa shape index (κ1) is 32.5. The second-order valence-electron chi connectivity index (χ2n) is 11.7. The quantitative estimate of drug-likeness (QED) is 0.364. The summed E-state index contributed by atoms with van der Waals surface area (Å²) >= 11 is -0.176. The monoisotopic (exact) mass is 635 g/mol. The van der Waals surface area contributed by atoms with Crippen molar-refractivity contribution in [3.63, 3.8) is 0 Å². The number of piperazine rings is 1. The maximum Gasteiger partial charge on any atom is 0.417 e. The molecule has 0 unspecified atom stereocenters. The van der Waals surface area contributed by atoms with Gasteiger partial charge in [0.15, 0.2) is 0 Å². The summed E-state index contributed by atoms with van der Waals surface area (Å²) in [6.45, 7) is 8.69. The number of benzene rings is 2. The first-order valence-corrected chi connectivity index (χ1v) is 14.1. The minimum Gasteiger partial charge on any atom is -0.444 e. The molecule has 0 saturated carbocycles. The van der Waals surface area contributed by atoms with Crippen molar-refractivity contribution in [3.8, 4) is 6.07 Å². The number of hydrogen-bond donors (Lipinski definition) is 0. The van der Waals surface area contributed by atoms with Gasteiger partial charge in [-0.05, 0) is 71.0 Å². The van der Waals surface area contributed by atoms with Crippen LogP contribution in [0.25, 0.3) is 0 Å². The van der Waals surface area contributed by atoms with Crippen LogP contribution in [0, 0.1) is 17.1 Å². The molecule has 0 spiro atoms. The van der Waals surface area contributed by atoms with Crippen LogP contribution < -0.4 is 9.80 Å². The van der Waals surface area contributed by atoms with Crippen LogP contribution in [0.1, 0.15) is 56.1 Å². The summed E-state index contributed by atoms with van der Waals surface area (Å²) in [7, 11) is 0. The fourth-order valence-corrected chi connectivity index (χ4v) is 5.61. The van der Waals surface area contributed by atoms with Gasteiger partial charge in [-0.1, -0.05) is 0 Å². The minimum atomic E-state index is -4.91. The molecular weight excluding hydrogens is 606 g/mol. The number of rotatable bonds is 3. The third-order valence-corrected chi connectivity index (χ3v) is 7.60. The van der Waals surface area contributed by atoms with Crippen molar-refractivity contribution in [1.29, 1.82) is 5.26 Å². The van der Waals surface area contributed by atoms with E-state index in [1.165, 1.54) is 46.7 Å². The second-order valence-corrected chi connectivity index (χ2v) is 12.2. The fourth-order valence-electron chi connectivity index (χ4n) is 4.94. The Hall–Kier alpha value is -4.45. The maximum absolute atomic E-state index is 15.5. The van der Waals surface area contributed by atoms with Crippen LogP contribution in [0.15, 0.2) is 36.4 Å². The summed E-state index contributed by atoms with van der Waals surface area (Å²) in [4.78, 5) is 43.8. The van der Waals surface area contributed by atoms with Crippen LogP contribution in [-0.2, 0) is 27.0 Å². The van der Waals surface area contributed by atoms with Gasteiger partial charge in [0, 0.05) is 31.9 Å². The summed E-state index contributed by atoms with van der Waals surface area (Å²) in [5, 5.41) is 8.78. The number of amides is 3. The molecule has 2 aliphatic rings. The van der Waals surface area contributed by atoms with Crippen molar-refractivity contribution in [1.82, 2.24) is 9.80 Å². The first-order chi connectivity index (χ1) is 20.4. The normalized spacial score (nSPS) is 17.1. The molecule has 2 heterocycles. The van der Waals surface area contributed by atoms with Crippen LogP contribution in [0.4, 0.5) is 33.7 Å². The van der Waals surface area contributed by atoms with E-state index in [-0.39, 0.29) is 59.5 Å². The van der Waals surface area contributed by atoms with Crippen molar-refractivity contribution in [2.24, 2.45) is 0 Å². The molecule has 0 bridgehead atoms. The average molecular weight is 636 g/mol. The van der Waals surface area contributed by atoms with Crippen molar-refractivity contribution >= 4 is 45.7 Å². The van der Waals surface area contributed by atoms with E-state index in [0.717, 1.165) is 23.1 Å². The van der Waals surface area contributed by atoms with Gasteiger partial charge >= 0.3 is 12.3 Å². The summed E-state index contributed by atoms with van der Waals surface area (Å²) in [6.07, 6.45) is -5.42. The third kappa shape index (κ3) is 6.12. The number of nitriles is 1. The first-order valence-electron chi connectivity index (χ1n) is 13.4. The van der Waals surface area contributed by atoms with Gasteiger partial charge in [0.2, 0.25) is 5.11 Å². The van der Waals surface area contributed by atoms with E-state index in [0.29, 0.717) is 6.07 Å². The minimum absolute atomic E-state index is 0.0117. The highest BCUT2D eigenvalue weighted by atomic mass is 32.1. The van der Waals surface area contributed by atoms with E-state index in [1.807, 2.05) is 0 Å². The Labute approximate surface area is 254 Å². The molecule has 10 nitrogen and oxygen atoms in total. The van der Waals surface area contributed by atoms with Crippen LogP contribution in [0.2, 0.25) is 0 Å². The number of halogens is 4. The Balaban J connectivity index is 1.60. The number of carbonyl (C=O) groups excluding carboxylic acids is 3. The second kappa shape index (κ2) is 11.6. The largest absolute Gasteiger partial charge is 0.444 e. The molecule has 234 valence electrons. The molecule has 0 aromatic heterocycles. The zero-order valence-electron chi connectivity index (χ0n) is 24.5. The van der Waals surface area contributed by atoms with Crippen molar-refractivity contribution in [2.45, 2.75) is 51.9 Å². The number of anilines is 2. The molecule has 2 fully saturated rings. The SMILES string of the molecule is CC(C)(C)OC(=O)N1CCN(C(=O)c2ccc(N3C(=S=O)N(c4ccc(C#N)c(C(F)(F)F)c4)C(=O)C3(C)C)cc2F)CC1. The summed E-state index contributed by atoms with van der Waals surface area (Å²) in [5.74, 6) is -2.34. The molecule has 2 aromatic rings. The lowest BCUT2D eigenvalue weighted by molar-refractivity contribution is -0.137. The number of carbonyl (C=O) groups is 3. The zero-order chi connectivity index (χ0) is 32.8. The van der Waals surface area contributed by atoms with E-state index in [2.05, 4.69) is 0 Å². The van der Waals surface area contributed by atoms with E-state index in [1.54, 1.807) is 20.8 Å². The number of ether oxygens (including phenoxy) is 1. The predicted octanol–water partition coefficient (Wildman–Crippen LogP) is 4.34. The maximum atomic E-state index is 15.5. The van der Waals surface area contributed by atoms with E-state index in [9.17, 15) is 31.8 Å². The van der Waals surface area contributed by atoms with Crippen molar-refractivity contribution in [3.05, 3.63) is 58.9 Å². The topological polar surface area (TPSA) is 114 Å². The van der Waals surface area contributed by atoms with Crippen LogP contribution >= 0.6 is 0 Å². The number of hydrogen-bond acceptors (Lipinski definition) is 6. The highest BCUT2D eigenvalue weighted by Gasteiger charge is 2.51. The molecule has 15 heteroatoms. The molecule has 44 heavy (non-hydrogen) atoms. The average Bonchev–Trinajstić information content (AvgIpc) is 3.15.